The number of anilines is 1. The summed E-state index contributed by atoms with van der Waals surface area (Å²) in [4.78, 5) is 26.7. The Morgan fingerprint density at radius 2 is 2.00 bits per heavy atom. The third-order valence-electron chi connectivity index (χ3n) is 4.53. The molecule has 3 rings (SSSR count). The molecule has 0 unspecified atom stereocenters. The predicted octanol–water partition coefficient (Wildman–Crippen LogP) is -1.48. The molecule has 3 heterocycles. The predicted molar refractivity (Wildman–Crippen MR) is 94.1 cm³/mol. The van der Waals surface area contributed by atoms with E-state index < -0.39 is 24.4 Å². The van der Waals surface area contributed by atoms with Gasteiger partial charge in [-0.1, -0.05) is 5.92 Å². The summed E-state index contributed by atoms with van der Waals surface area (Å²) >= 11 is 0. The number of hydrogen-bond donors (Lipinski definition) is 4. The van der Waals surface area contributed by atoms with Gasteiger partial charge in [-0.25, -0.2) is 15.0 Å². The van der Waals surface area contributed by atoms with Gasteiger partial charge in [-0.05, 0) is 19.9 Å². The first kappa shape index (κ1) is 18.1. The van der Waals surface area contributed by atoms with Gasteiger partial charge in [0.1, 0.15) is 24.4 Å². The fourth-order valence-electron chi connectivity index (χ4n) is 3.31. The van der Waals surface area contributed by atoms with Gasteiger partial charge in [-0.15, -0.1) is 0 Å². The van der Waals surface area contributed by atoms with Crippen LogP contribution in [-0.2, 0) is 4.79 Å². The largest absolute Gasteiger partial charge is 0.388 e. The van der Waals surface area contributed by atoms with Gasteiger partial charge in [0, 0.05) is 14.1 Å². The Morgan fingerprint density at radius 3 is 2.62 bits per heavy atom. The maximum absolute atomic E-state index is 12.1. The minimum Gasteiger partial charge on any atom is -0.388 e. The summed E-state index contributed by atoms with van der Waals surface area (Å²) in [6.07, 6.45) is -1.66. The van der Waals surface area contributed by atoms with Crippen molar-refractivity contribution in [3.8, 4) is 11.8 Å². The van der Waals surface area contributed by atoms with Gasteiger partial charge in [0.15, 0.2) is 17.0 Å². The number of rotatable bonds is 3. The molecule has 1 fully saturated rings. The number of hydrogen-bond acceptors (Lipinski definition) is 8. The number of fused-ring (bicyclic) bond motifs is 1. The van der Waals surface area contributed by atoms with Crippen LogP contribution in [0.5, 0.6) is 0 Å². The van der Waals surface area contributed by atoms with Crippen LogP contribution in [-0.4, -0.2) is 79.9 Å². The topological polar surface area (TPSA) is 128 Å². The fraction of sp³-hybridized carbons (Fsp3) is 0.500. The molecular weight excluding hydrogens is 338 g/mol. The van der Waals surface area contributed by atoms with E-state index in [1.807, 2.05) is 0 Å². The third kappa shape index (κ3) is 2.66. The molecule has 2 aromatic rings. The van der Waals surface area contributed by atoms with Gasteiger partial charge in [0.05, 0.1) is 6.33 Å². The lowest BCUT2D eigenvalue weighted by Crippen LogP contribution is -2.46. The molecule has 1 aliphatic rings. The zero-order valence-corrected chi connectivity index (χ0v) is 14.9. The molecule has 0 radical (unpaired) electrons. The van der Waals surface area contributed by atoms with E-state index in [0.717, 1.165) is 0 Å². The summed E-state index contributed by atoms with van der Waals surface area (Å²) < 4.78 is 1.62. The van der Waals surface area contributed by atoms with Crippen molar-refractivity contribution in [2.75, 3.05) is 26.5 Å². The molecule has 10 nitrogen and oxygen atoms in total. The first-order valence-electron chi connectivity index (χ1n) is 8.09. The SMILES string of the molecule is CC#Cc1nc(NC)c2ncn([C@H]3[C@H](O)[C@H](O)[C@@H](C(=O)NC)N3C)c2n1. The first-order valence-corrected chi connectivity index (χ1v) is 8.09. The van der Waals surface area contributed by atoms with Crippen LogP contribution in [0.25, 0.3) is 11.2 Å². The zero-order valence-electron chi connectivity index (χ0n) is 14.9. The van der Waals surface area contributed by atoms with Crippen molar-refractivity contribution in [3.63, 3.8) is 0 Å². The Hall–Kier alpha value is -2.74. The van der Waals surface area contributed by atoms with Gasteiger partial charge in [-0.2, -0.15) is 0 Å². The zero-order chi connectivity index (χ0) is 19.0. The summed E-state index contributed by atoms with van der Waals surface area (Å²) in [5, 5.41) is 26.4. The molecule has 4 atom stereocenters. The van der Waals surface area contributed by atoms with Crippen molar-refractivity contribution in [1.82, 2.24) is 29.7 Å². The summed E-state index contributed by atoms with van der Waals surface area (Å²) in [6, 6.07) is -0.891. The van der Waals surface area contributed by atoms with Crippen molar-refractivity contribution in [1.29, 1.82) is 0 Å². The number of nitrogens with one attached hydrogen (secondary N) is 2. The van der Waals surface area contributed by atoms with Gasteiger partial charge in [-0.3, -0.25) is 14.3 Å². The average Bonchev–Trinajstić information content (AvgIpc) is 3.13. The monoisotopic (exact) mass is 359 g/mol. The molecule has 2 aromatic heterocycles. The normalized spacial score (nSPS) is 25.8. The number of aromatic nitrogens is 4. The minimum absolute atomic E-state index is 0.310. The highest BCUT2D eigenvalue weighted by Gasteiger charge is 2.50. The number of imidazole rings is 1. The molecule has 1 amide bonds. The molecule has 4 N–H and O–H groups in total. The van der Waals surface area contributed by atoms with E-state index in [0.29, 0.717) is 22.8 Å². The van der Waals surface area contributed by atoms with Crippen LogP contribution in [0, 0.1) is 11.8 Å². The van der Waals surface area contributed by atoms with Crippen LogP contribution in [0.3, 0.4) is 0 Å². The van der Waals surface area contributed by atoms with E-state index in [9.17, 15) is 15.0 Å². The molecule has 1 saturated heterocycles. The Kier molecular flexibility index (Phi) is 4.78. The second-order valence-corrected chi connectivity index (χ2v) is 5.96. The lowest BCUT2D eigenvalue weighted by Gasteiger charge is -2.26. The number of carbonyl (C=O) groups excluding carboxylic acids is 1. The van der Waals surface area contributed by atoms with Gasteiger partial charge in [0.25, 0.3) is 0 Å². The Morgan fingerprint density at radius 1 is 1.27 bits per heavy atom. The summed E-state index contributed by atoms with van der Waals surface area (Å²) in [5.74, 6) is 5.99. The van der Waals surface area contributed by atoms with Crippen molar-refractivity contribution in [3.05, 3.63) is 12.2 Å². The molecule has 0 saturated carbocycles. The van der Waals surface area contributed by atoms with Crippen LogP contribution in [0.1, 0.15) is 18.9 Å². The van der Waals surface area contributed by atoms with E-state index in [1.54, 1.807) is 30.5 Å². The third-order valence-corrected chi connectivity index (χ3v) is 4.53. The smallest absolute Gasteiger partial charge is 0.239 e. The number of aliphatic hydroxyl groups is 2. The summed E-state index contributed by atoms with van der Waals surface area (Å²) in [7, 11) is 4.85. The Bertz CT molecular complexity index is 900. The Balaban J connectivity index is 2.14. The van der Waals surface area contributed by atoms with E-state index in [4.69, 9.17) is 0 Å². The molecule has 1 aliphatic heterocycles. The van der Waals surface area contributed by atoms with Crippen molar-refractivity contribution >= 4 is 22.9 Å². The minimum atomic E-state index is -1.25. The number of likely N-dealkylation sites (tertiary alicyclic amines) is 1. The highest BCUT2D eigenvalue weighted by molar-refractivity contribution is 5.84. The summed E-state index contributed by atoms with van der Waals surface area (Å²) in [5.41, 5.74) is 0.954. The maximum atomic E-state index is 12.1. The van der Waals surface area contributed by atoms with Crippen molar-refractivity contribution in [2.45, 2.75) is 31.3 Å². The van der Waals surface area contributed by atoms with E-state index in [1.165, 1.54) is 13.4 Å². The van der Waals surface area contributed by atoms with E-state index >= 15 is 0 Å². The van der Waals surface area contributed by atoms with Crippen molar-refractivity contribution < 1.29 is 15.0 Å². The molecule has 10 heteroatoms. The van der Waals surface area contributed by atoms with Crippen molar-refractivity contribution in [2.24, 2.45) is 0 Å². The fourth-order valence-corrected chi connectivity index (χ4v) is 3.31. The number of carbonyl (C=O) groups is 1. The Labute approximate surface area is 150 Å². The van der Waals surface area contributed by atoms with E-state index in [-0.39, 0.29) is 5.91 Å². The molecular formula is C16H21N7O3. The standard InChI is InChI=1S/C16H21N7O3/c1-5-6-8-20-13(17-2)9-14(21-8)23(7-19-9)16-12(25)11(24)10(22(16)4)15(26)18-3/h7,10-12,16,24-25H,1-4H3,(H,18,26)(H,17,20,21)/t10-,11+,12+,16-/m0/s1. The molecule has 26 heavy (non-hydrogen) atoms. The van der Waals surface area contributed by atoms with Gasteiger partial charge < -0.3 is 20.8 Å². The van der Waals surface area contributed by atoms with Gasteiger partial charge in [0.2, 0.25) is 11.7 Å². The average molecular weight is 359 g/mol. The van der Waals surface area contributed by atoms with Crippen LogP contribution < -0.4 is 10.6 Å². The lowest BCUT2D eigenvalue weighted by atomic mass is 10.1. The molecule has 0 bridgehead atoms. The number of likely N-dealkylation sites (N-methyl/N-ethyl adjacent to an activating group) is 2. The molecule has 138 valence electrons. The van der Waals surface area contributed by atoms with E-state index in [2.05, 4.69) is 37.4 Å². The van der Waals surface area contributed by atoms with Crippen LogP contribution >= 0.6 is 0 Å². The second kappa shape index (κ2) is 6.87. The molecule has 0 aliphatic carbocycles. The highest BCUT2D eigenvalue weighted by atomic mass is 16.3. The number of amides is 1. The first-order chi connectivity index (χ1) is 12.4. The quantitative estimate of drug-likeness (QED) is 0.489. The second-order valence-electron chi connectivity index (χ2n) is 5.96. The van der Waals surface area contributed by atoms with Crippen LogP contribution in [0.15, 0.2) is 6.33 Å². The number of aliphatic hydroxyl groups excluding tert-OH is 2. The summed E-state index contributed by atoms with van der Waals surface area (Å²) in [6.45, 7) is 1.68. The highest BCUT2D eigenvalue weighted by Crippen LogP contribution is 2.34. The lowest BCUT2D eigenvalue weighted by molar-refractivity contribution is -0.128. The maximum Gasteiger partial charge on any atom is 0.239 e. The molecule has 0 spiro atoms. The van der Waals surface area contributed by atoms with Crippen LogP contribution in [0.2, 0.25) is 0 Å². The van der Waals surface area contributed by atoms with Gasteiger partial charge >= 0.3 is 0 Å². The molecule has 0 aromatic carbocycles. The van der Waals surface area contributed by atoms with Crippen LogP contribution in [0.4, 0.5) is 5.82 Å². The number of nitrogens with zero attached hydrogens (tertiary/aromatic N) is 5.